The number of benzene rings is 1. The smallest absolute Gasteiger partial charge is 0.227 e. The van der Waals surface area contributed by atoms with Crippen molar-refractivity contribution in [2.75, 3.05) is 25.2 Å². The van der Waals surface area contributed by atoms with Gasteiger partial charge in [0.15, 0.2) is 0 Å². The van der Waals surface area contributed by atoms with Crippen LogP contribution in [0.25, 0.3) is 0 Å². The lowest BCUT2D eigenvalue weighted by atomic mass is 9.96. The van der Waals surface area contributed by atoms with Crippen molar-refractivity contribution in [3.63, 3.8) is 0 Å². The molecule has 3 atom stereocenters. The molecule has 5 nitrogen and oxygen atoms in total. The first-order valence-corrected chi connectivity index (χ1v) is 8.66. The average Bonchev–Trinajstić information content (AvgIpc) is 2.96. The molecular weight excluding hydrogens is 304 g/mol. The lowest BCUT2D eigenvalue weighted by Crippen LogP contribution is -2.40. The second kappa shape index (κ2) is 8.29. The molecule has 24 heavy (non-hydrogen) atoms. The molecule has 0 aliphatic carbocycles. The van der Waals surface area contributed by atoms with Gasteiger partial charge >= 0.3 is 0 Å². The fourth-order valence-electron chi connectivity index (χ4n) is 3.14. The number of rotatable bonds is 7. The van der Waals surface area contributed by atoms with Crippen LogP contribution in [-0.2, 0) is 14.3 Å². The van der Waals surface area contributed by atoms with Gasteiger partial charge in [0.1, 0.15) is 0 Å². The summed E-state index contributed by atoms with van der Waals surface area (Å²) in [5, 5.41) is 2.92. The van der Waals surface area contributed by atoms with Crippen LogP contribution >= 0.6 is 0 Å². The maximum atomic E-state index is 12.5. The molecule has 0 saturated carbocycles. The molecule has 2 amide bonds. The summed E-state index contributed by atoms with van der Waals surface area (Å²) in [6.45, 7) is 7.11. The third kappa shape index (κ3) is 4.15. The Bertz CT molecular complexity index is 588. The van der Waals surface area contributed by atoms with Gasteiger partial charge < -0.3 is 15.0 Å². The quantitative estimate of drug-likeness (QED) is 0.835. The van der Waals surface area contributed by atoms with Gasteiger partial charge in [0.2, 0.25) is 11.8 Å². The lowest BCUT2D eigenvalue weighted by molar-refractivity contribution is -0.127. The van der Waals surface area contributed by atoms with Crippen LogP contribution in [0.5, 0.6) is 0 Å². The van der Waals surface area contributed by atoms with Crippen LogP contribution in [0.3, 0.4) is 0 Å². The third-order valence-corrected chi connectivity index (χ3v) is 4.67. The zero-order valence-corrected chi connectivity index (χ0v) is 15.0. The van der Waals surface area contributed by atoms with E-state index < -0.39 is 0 Å². The Hall–Kier alpha value is -1.88. The van der Waals surface area contributed by atoms with Crippen LogP contribution in [0.1, 0.15) is 45.1 Å². The number of ether oxygens (including phenoxy) is 1. The molecule has 1 fully saturated rings. The van der Waals surface area contributed by atoms with Crippen molar-refractivity contribution in [3.05, 3.63) is 29.8 Å². The van der Waals surface area contributed by atoms with Crippen LogP contribution in [-0.4, -0.2) is 38.1 Å². The van der Waals surface area contributed by atoms with Crippen LogP contribution in [0, 0.1) is 5.92 Å². The molecule has 1 aromatic rings. The first kappa shape index (κ1) is 18.5. The topological polar surface area (TPSA) is 58.6 Å². The average molecular weight is 332 g/mol. The number of nitrogens with one attached hydrogen (secondary N) is 1. The lowest BCUT2D eigenvalue weighted by Gasteiger charge is -2.23. The molecule has 0 radical (unpaired) electrons. The molecule has 0 bridgehead atoms. The first-order chi connectivity index (χ1) is 11.5. The summed E-state index contributed by atoms with van der Waals surface area (Å²) < 4.78 is 5.04. The van der Waals surface area contributed by atoms with Crippen molar-refractivity contribution < 1.29 is 14.3 Å². The second-order valence-corrected chi connectivity index (χ2v) is 6.64. The Morgan fingerprint density at radius 2 is 2.08 bits per heavy atom. The fraction of sp³-hybridized carbons (Fsp3) is 0.579. The molecule has 1 heterocycles. The molecule has 3 unspecified atom stereocenters. The number of methoxy groups -OCH3 is 1. The summed E-state index contributed by atoms with van der Waals surface area (Å²) in [5.74, 6) is 0.0205. The maximum Gasteiger partial charge on any atom is 0.227 e. The second-order valence-electron chi connectivity index (χ2n) is 6.64. The Morgan fingerprint density at radius 3 is 2.75 bits per heavy atom. The largest absolute Gasteiger partial charge is 0.383 e. The molecular formula is C19H28N2O3. The molecule has 5 heteroatoms. The highest BCUT2D eigenvalue weighted by Crippen LogP contribution is 2.33. The Balaban J connectivity index is 2.12. The molecule has 1 aliphatic heterocycles. The Morgan fingerprint density at radius 1 is 1.38 bits per heavy atom. The molecule has 1 aliphatic rings. The SMILES string of the molecule is CCC(C)c1ccccc1N1CC(C(=O)NC(C)COC)CC1=O. The van der Waals surface area contributed by atoms with E-state index in [9.17, 15) is 9.59 Å². The summed E-state index contributed by atoms with van der Waals surface area (Å²) in [6.07, 6.45) is 1.28. The van der Waals surface area contributed by atoms with E-state index in [2.05, 4.69) is 25.2 Å². The van der Waals surface area contributed by atoms with Gasteiger partial charge in [-0.15, -0.1) is 0 Å². The minimum absolute atomic E-state index is 0.0188. The first-order valence-electron chi connectivity index (χ1n) is 8.66. The summed E-state index contributed by atoms with van der Waals surface area (Å²) >= 11 is 0. The van der Waals surface area contributed by atoms with Crippen molar-refractivity contribution in [1.29, 1.82) is 0 Å². The highest BCUT2D eigenvalue weighted by Gasteiger charge is 2.36. The monoisotopic (exact) mass is 332 g/mol. The number of anilines is 1. The Labute approximate surface area is 144 Å². The van der Waals surface area contributed by atoms with Gasteiger partial charge in [0.25, 0.3) is 0 Å². The van der Waals surface area contributed by atoms with Gasteiger partial charge in [-0.05, 0) is 30.9 Å². The molecule has 2 rings (SSSR count). The summed E-state index contributed by atoms with van der Waals surface area (Å²) in [5.41, 5.74) is 2.11. The summed E-state index contributed by atoms with van der Waals surface area (Å²) in [4.78, 5) is 26.6. The van der Waals surface area contributed by atoms with Gasteiger partial charge in [-0.25, -0.2) is 0 Å². The highest BCUT2D eigenvalue weighted by molar-refractivity contribution is 6.00. The zero-order chi connectivity index (χ0) is 17.7. The third-order valence-electron chi connectivity index (χ3n) is 4.67. The van der Waals surface area contributed by atoms with Crippen molar-refractivity contribution in [2.45, 2.75) is 45.6 Å². The van der Waals surface area contributed by atoms with E-state index in [-0.39, 0.29) is 30.2 Å². The van der Waals surface area contributed by atoms with Crippen molar-refractivity contribution >= 4 is 17.5 Å². The Kier molecular flexibility index (Phi) is 6.37. The van der Waals surface area contributed by atoms with Gasteiger partial charge in [0.05, 0.1) is 12.5 Å². The van der Waals surface area contributed by atoms with E-state index in [1.807, 2.05) is 25.1 Å². The molecule has 1 saturated heterocycles. The number of carbonyl (C=O) groups excluding carboxylic acids is 2. The minimum atomic E-state index is -0.304. The number of nitrogens with zero attached hydrogens (tertiary/aromatic N) is 1. The number of hydrogen-bond acceptors (Lipinski definition) is 3. The predicted octanol–water partition coefficient (Wildman–Crippen LogP) is 2.70. The standard InChI is InChI=1S/C19H28N2O3/c1-5-13(2)16-8-6-7-9-17(16)21-11-15(10-18(21)22)19(23)20-14(3)12-24-4/h6-9,13-15H,5,10-12H2,1-4H3,(H,20,23). The van der Waals surface area contributed by atoms with E-state index in [1.165, 1.54) is 5.56 Å². The van der Waals surface area contributed by atoms with Crippen LogP contribution in [0.2, 0.25) is 0 Å². The van der Waals surface area contributed by atoms with E-state index in [0.717, 1.165) is 12.1 Å². The van der Waals surface area contributed by atoms with E-state index >= 15 is 0 Å². The van der Waals surface area contributed by atoms with Gasteiger partial charge in [-0.2, -0.15) is 0 Å². The van der Waals surface area contributed by atoms with E-state index in [4.69, 9.17) is 4.74 Å². The summed E-state index contributed by atoms with van der Waals surface area (Å²) in [7, 11) is 1.61. The predicted molar refractivity (Wildman–Crippen MR) is 95.1 cm³/mol. The van der Waals surface area contributed by atoms with E-state index in [0.29, 0.717) is 19.1 Å². The number of amides is 2. The van der Waals surface area contributed by atoms with Crippen molar-refractivity contribution in [3.8, 4) is 0 Å². The fourth-order valence-corrected chi connectivity index (χ4v) is 3.14. The van der Waals surface area contributed by atoms with Crippen LogP contribution in [0.4, 0.5) is 5.69 Å². The van der Waals surface area contributed by atoms with E-state index in [1.54, 1.807) is 12.0 Å². The molecule has 132 valence electrons. The van der Waals surface area contributed by atoms with Gasteiger partial charge in [-0.3, -0.25) is 9.59 Å². The minimum Gasteiger partial charge on any atom is -0.383 e. The number of para-hydroxylation sites is 1. The molecule has 1 aromatic carbocycles. The van der Waals surface area contributed by atoms with Gasteiger partial charge in [0, 0.05) is 31.8 Å². The van der Waals surface area contributed by atoms with Crippen LogP contribution < -0.4 is 10.2 Å². The summed E-state index contributed by atoms with van der Waals surface area (Å²) in [6, 6.07) is 7.95. The molecule has 1 N–H and O–H groups in total. The normalized spacial score (nSPS) is 20.1. The van der Waals surface area contributed by atoms with Crippen molar-refractivity contribution in [2.24, 2.45) is 5.92 Å². The highest BCUT2D eigenvalue weighted by atomic mass is 16.5. The van der Waals surface area contributed by atoms with Crippen molar-refractivity contribution in [1.82, 2.24) is 5.32 Å². The molecule has 0 spiro atoms. The number of carbonyl (C=O) groups is 2. The van der Waals surface area contributed by atoms with Crippen LogP contribution in [0.15, 0.2) is 24.3 Å². The molecule has 0 aromatic heterocycles. The number of hydrogen-bond donors (Lipinski definition) is 1. The zero-order valence-electron chi connectivity index (χ0n) is 15.0. The maximum absolute atomic E-state index is 12.5. The van der Waals surface area contributed by atoms with Gasteiger partial charge in [-0.1, -0.05) is 32.0 Å².